The number of likely N-dealkylation sites (N-methyl/N-ethyl adjacent to an activating group) is 1. The van der Waals surface area contributed by atoms with Gasteiger partial charge in [-0.3, -0.25) is 4.79 Å². The summed E-state index contributed by atoms with van der Waals surface area (Å²) in [6.07, 6.45) is 3.95. The van der Waals surface area contributed by atoms with E-state index in [1.54, 1.807) is 40.5 Å². The number of carbonyl (C=O) groups is 1. The molecule has 0 radical (unpaired) electrons. The third-order valence-electron chi connectivity index (χ3n) is 5.31. The molecule has 1 aromatic rings. The number of amides is 1. The minimum atomic E-state index is -3.43. The summed E-state index contributed by atoms with van der Waals surface area (Å²) in [5.41, 5.74) is 6.85. The van der Waals surface area contributed by atoms with Crippen LogP contribution in [0.3, 0.4) is 0 Å². The number of carbonyl (C=O) groups excluding carboxylic acids is 1. The highest BCUT2D eigenvalue weighted by atomic mass is 35.5. The van der Waals surface area contributed by atoms with Crippen LogP contribution in [0.1, 0.15) is 45.1 Å². The van der Waals surface area contributed by atoms with Crippen LogP contribution in [0.5, 0.6) is 0 Å². The second-order valence-corrected chi connectivity index (χ2v) is 9.74. The molecule has 1 saturated heterocycles. The molecular formula is C20H34ClN3O3S. The summed E-state index contributed by atoms with van der Waals surface area (Å²) in [5, 5.41) is 0. The number of benzene rings is 1. The van der Waals surface area contributed by atoms with Crippen LogP contribution in [0, 0.1) is 5.92 Å². The third kappa shape index (κ3) is 6.72. The van der Waals surface area contributed by atoms with E-state index in [1.165, 1.54) is 0 Å². The molecule has 1 fully saturated rings. The molecule has 1 heterocycles. The summed E-state index contributed by atoms with van der Waals surface area (Å²) in [6, 6.07) is 6.78. The molecule has 1 atom stereocenters. The van der Waals surface area contributed by atoms with Crippen molar-refractivity contribution in [3.05, 3.63) is 29.8 Å². The molecule has 0 spiro atoms. The van der Waals surface area contributed by atoms with E-state index in [2.05, 4.69) is 13.8 Å². The van der Waals surface area contributed by atoms with Crippen LogP contribution in [-0.4, -0.2) is 56.3 Å². The smallest absolute Gasteiger partial charge is 0.243 e. The topological polar surface area (TPSA) is 83.7 Å². The maximum absolute atomic E-state index is 12.7. The molecule has 0 saturated carbocycles. The zero-order chi connectivity index (χ0) is 20.0. The SMILES string of the molecule is CC(C)C(N)CCN(C)C(=O)Cc1ccc(S(=O)(=O)N2CCCCC2)cc1.Cl. The molecule has 0 aliphatic carbocycles. The summed E-state index contributed by atoms with van der Waals surface area (Å²) < 4.78 is 26.9. The Morgan fingerprint density at radius 1 is 1.14 bits per heavy atom. The van der Waals surface area contributed by atoms with Gasteiger partial charge in [-0.15, -0.1) is 12.4 Å². The Morgan fingerprint density at radius 3 is 2.25 bits per heavy atom. The van der Waals surface area contributed by atoms with Gasteiger partial charge in [0.15, 0.2) is 0 Å². The van der Waals surface area contributed by atoms with E-state index in [1.807, 2.05) is 0 Å². The number of nitrogens with two attached hydrogens (primary N) is 1. The molecule has 1 unspecified atom stereocenters. The highest BCUT2D eigenvalue weighted by Gasteiger charge is 2.25. The van der Waals surface area contributed by atoms with Crippen LogP contribution in [0.15, 0.2) is 29.2 Å². The van der Waals surface area contributed by atoms with Gasteiger partial charge in [0.05, 0.1) is 11.3 Å². The van der Waals surface area contributed by atoms with Crippen molar-refractivity contribution < 1.29 is 13.2 Å². The number of hydrogen-bond donors (Lipinski definition) is 1. The predicted octanol–water partition coefficient (Wildman–Crippen LogP) is 2.66. The fraction of sp³-hybridized carbons (Fsp3) is 0.650. The maximum atomic E-state index is 12.7. The van der Waals surface area contributed by atoms with Crippen molar-refractivity contribution in [2.75, 3.05) is 26.7 Å². The maximum Gasteiger partial charge on any atom is 0.243 e. The molecule has 1 aromatic carbocycles. The Bertz CT molecular complexity index is 717. The van der Waals surface area contributed by atoms with Crippen molar-refractivity contribution in [1.82, 2.24) is 9.21 Å². The van der Waals surface area contributed by atoms with E-state index in [0.717, 1.165) is 31.2 Å². The lowest BCUT2D eigenvalue weighted by Gasteiger charge is -2.26. The number of nitrogens with zero attached hydrogens (tertiary/aromatic N) is 2. The van der Waals surface area contributed by atoms with Gasteiger partial charge < -0.3 is 10.6 Å². The molecule has 2 rings (SSSR count). The molecular weight excluding hydrogens is 398 g/mol. The van der Waals surface area contributed by atoms with E-state index in [0.29, 0.717) is 30.4 Å². The summed E-state index contributed by atoms with van der Waals surface area (Å²) in [5.74, 6) is 0.403. The van der Waals surface area contributed by atoms with Crippen LogP contribution in [0.4, 0.5) is 0 Å². The third-order valence-corrected chi connectivity index (χ3v) is 7.22. The first-order valence-corrected chi connectivity index (χ1v) is 11.2. The number of sulfonamides is 1. The van der Waals surface area contributed by atoms with Crippen molar-refractivity contribution in [1.29, 1.82) is 0 Å². The normalized spacial score (nSPS) is 16.5. The quantitative estimate of drug-likeness (QED) is 0.685. The highest BCUT2D eigenvalue weighted by Crippen LogP contribution is 2.21. The van der Waals surface area contributed by atoms with Gasteiger partial charge >= 0.3 is 0 Å². The van der Waals surface area contributed by atoms with Crippen LogP contribution in [-0.2, 0) is 21.2 Å². The van der Waals surface area contributed by atoms with Crippen molar-refractivity contribution in [3.63, 3.8) is 0 Å². The second kappa shape index (κ2) is 11.1. The van der Waals surface area contributed by atoms with Crippen molar-refractivity contribution in [2.45, 2.75) is 56.9 Å². The Morgan fingerprint density at radius 2 is 1.71 bits per heavy atom. The van der Waals surface area contributed by atoms with Gasteiger partial charge in [-0.1, -0.05) is 32.4 Å². The zero-order valence-corrected chi connectivity index (χ0v) is 18.8. The Labute approximate surface area is 175 Å². The lowest BCUT2D eigenvalue weighted by molar-refractivity contribution is -0.129. The Hall–Kier alpha value is -1.15. The predicted molar refractivity (Wildman–Crippen MR) is 115 cm³/mol. The lowest BCUT2D eigenvalue weighted by Crippen LogP contribution is -2.35. The van der Waals surface area contributed by atoms with Gasteiger partial charge in [0.25, 0.3) is 0 Å². The average molecular weight is 432 g/mol. The monoisotopic (exact) mass is 431 g/mol. The summed E-state index contributed by atoms with van der Waals surface area (Å²) in [7, 11) is -1.64. The first-order valence-electron chi connectivity index (χ1n) is 9.80. The standard InChI is InChI=1S/C20H33N3O3S.ClH/c1-16(2)19(21)11-14-22(3)20(24)15-17-7-9-18(10-8-17)27(25,26)23-12-5-4-6-13-23;/h7-10,16,19H,4-6,11-15,21H2,1-3H3;1H. The molecule has 6 nitrogen and oxygen atoms in total. The van der Waals surface area contributed by atoms with Crippen molar-refractivity contribution in [3.8, 4) is 0 Å². The van der Waals surface area contributed by atoms with Crippen LogP contribution >= 0.6 is 12.4 Å². The van der Waals surface area contributed by atoms with Crippen LogP contribution in [0.25, 0.3) is 0 Å². The van der Waals surface area contributed by atoms with Gasteiger partial charge in [0, 0.05) is 32.7 Å². The van der Waals surface area contributed by atoms with E-state index in [4.69, 9.17) is 5.73 Å². The van der Waals surface area contributed by atoms with E-state index in [9.17, 15) is 13.2 Å². The van der Waals surface area contributed by atoms with Gasteiger partial charge in [-0.2, -0.15) is 4.31 Å². The molecule has 8 heteroatoms. The highest BCUT2D eigenvalue weighted by molar-refractivity contribution is 7.89. The average Bonchev–Trinajstić information content (AvgIpc) is 2.66. The number of rotatable bonds is 8. The fourth-order valence-electron chi connectivity index (χ4n) is 3.14. The van der Waals surface area contributed by atoms with E-state index in [-0.39, 0.29) is 30.8 Å². The zero-order valence-electron chi connectivity index (χ0n) is 17.1. The van der Waals surface area contributed by atoms with Gasteiger partial charge in [-0.05, 0) is 42.9 Å². The van der Waals surface area contributed by atoms with Crippen LogP contribution < -0.4 is 5.73 Å². The molecule has 160 valence electrons. The lowest BCUT2D eigenvalue weighted by atomic mass is 10.0. The second-order valence-electron chi connectivity index (χ2n) is 7.80. The number of piperidine rings is 1. The van der Waals surface area contributed by atoms with Crippen molar-refractivity contribution in [2.24, 2.45) is 11.7 Å². The molecule has 1 aliphatic heterocycles. The van der Waals surface area contributed by atoms with Gasteiger partial charge in [0.2, 0.25) is 15.9 Å². The van der Waals surface area contributed by atoms with Crippen molar-refractivity contribution >= 4 is 28.3 Å². The Balaban J connectivity index is 0.00000392. The minimum absolute atomic E-state index is 0. The fourth-order valence-corrected chi connectivity index (χ4v) is 4.66. The summed E-state index contributed by atoms with van der Waals surface area (Å²) >= 11 is 0. The largest absolute Gasteiger partial charge is 0.345 e. The molecule has 2 N–H and O–H groups in total. The van der Waals surface area contributed by atoms with E-state index < -0.39 is 10.0 Å². The molecule has 0 aromatic heterocycles. The number of hydrogen-bond acceptors (Lipinski definition) is 4. The Kier molecular flexibility index (Phi) is 9.90. The number of halogens is 1. The first kappa shape index (κ1) is 24.9. The van der Waals surface area contributed by atoms with Gasteiger partial charge in [-0.25, -0.2) is 8.42 Å². The molecule has 28 heavy (non-hydrogen) atoms. The molecule has 0 bridgehead atoms. The molecule has 1 aliphatic rings. The van der Waals surface area contributed by atoms with Crippen LogP contribution in [0.2, 0.25) is 0 Å². The minimum Gasteiger partial charge on any atom is -0.345 e. The van der Waals surface area contributed by atoms with E-state index >= 15 is 0 Å². The summed E-state index contributed by atoms with van der Waals surface area (Å²) in [6.45, 7) is 5.95. The summed E-state index contributed by atoms with van der Waals surface area (Å²) in [4.78, 5) is 14.4. The molecule has 1 amide bonds. The van der Waals surface area contributed by atoms with Gasteiger partial charge in [0.1, 0.15) is 0 Å². The first-order chi connectivity index (χ1) is 12.7.